The minimum absolute atomic E-state index is 0.262. The zero-order valence-corrected chi connectivity index (χ0v) is 11.1. The van der Waals surface area contributed by atoms with Crippen LogP contribution in [-0.4, -0.2) is 55.3 Å². The number of anilines is 1. The third kappa shape index (κ3) is 2.29. The first-order chi connectivity index (χ1) is 9.29. The monoisotopic (exact) mass is 258 g/mol. The van der Waals surface area contributed by atoms with E-state index in [1.165, 1.54) is 0 Å². The standard InChI is InChI=1S/C14H18N4O/c1-17-6-4-13-12(10-17)18(7-8-19-13)14-11(9-15)3-2-5-16-14/h2-3,5,12-13H,4,6-8,10H2,1H3. The summed E-state index contributed by atoms with van der Waals surface area (Å²) in [5, 5.41) is 9.24. The summed E-state index contributed by atoms with van der Waals surface area (Å²) in [6.45, 7) is 3.56. The number of hydrogen-bond acceptors (Lipinski definition) is 5. The molecule has 3 rings (SSSR count). The van der Waals surface area contributed by atoms with Gasteiger partial charge in [-0.15, -0.1) is 0 Å². The number of aromatic nitrogens is 1. The van der Waals surface area contributed by atoms with Crippen LogP contribution in [0.25, 0.3) is 0 Å². The summed E-state index contributed by atoms with van der Waals surface area (Å²) in [7, 11) is 2.13. The fraction of sp³-hybridized carbons (Fsp3) is 0.571. The maximum absolute atomic E-state index is 9.24. The zero-order valence-electron chi connectivity index (χ0n) is 11.1. The molecule has 0 spiro atoms. The van der Waals surface area contributed by atoms with Crippen molar-refractivity contribution >= 4 is 5.82 Å². The fourth-order valence-electron chi connectivity index (χ4n) is 3.01. The number of fused-ring (bicyclic) bond motifs is 1. The van der Waals surface area contributed by atoms with E-state index in [0.29, 0.717) is 18.2 Å². The van der Waals surface area contributed by atoms with Gasteiger partial charge in [0.1, 0.15) is 11.9 Å². The molecular weight excluding hydrogens is 240 g/mol. The quantitative estimate of drug-likeness (QED) is 0.748. The number of pyridine rings is 1. The average molecular weight is 258 g/mol. The number of nitriles is 1. The summed E-state index contributed by atoms with van der Waals surface area (Å²) in [5.74, 6) is 0.804. The number of ether oxygens (including phenoxy) is 1. The van der Waals surface area contributed by atoms with Crippen LogP contribution in [0, 0.1) is 11.3 Å². The average Bonchev–Trinajstić information content (AvgIpc) is 2.46. The van der Waals surface area contributed by atoms with Gasteiger partial charge >= 0.3 is 0 Å². The molecule has 0 radical (unpaired) electrons. The van der Waals surface area contributed by atoms with E-state index >= 15 is 0 Å². The summed E-state index contributed by atoms with van der Waals surface area (Å²) >= 11 is 0. The highest BCUT2D eigenvalue weighted by Gasteiger charge is 2.37. The Morgan fingerprint density at radius 1 is 1.47 bits per heavy atom. The highest BCUT2D eigenvalue weighted by molar-refractivity contribution is 5.54. The smallest absolute Gasteiger partial charge is 0.146 e. The molecule has 2 atom stereocenters. The van der Waals surface area contributed by atoms with Crippen LogP contribution in [0.1, 0.15) is 12.0 Å². The van der Waals surface area contributed by atoms with Crippen molar-refractivity contribution < 1.29 is 4.74 Å². The van der Waals surface area contributed by atoms with Crippen LogP contribution in [0.2, 0.25) is 0 Å². The molecule has 0 aromatic carbocycles. The third-order valence-corrected chi connectivity index (χ3v) is 3.97. The van der Waals surface area contributed by atoms with Crippen LogP contribution >= 0.6 is 0 Å². The highest BCUT2D eigenvalue weighted by Crippen LogP contribution is 2.28. The van der Waals surface area contributed by atoms with E-state index in [0.717, 1.165) is 31.9 Å². The minimum atomic E-state index is 0.262. The summed E-state index contributed by atoms with van der Waals surface area (Å²) in [6, 6.07) is 6.19. The minimum Gasteiger partial charge on any atom is -0.374 e. The van der Waals surface area contributed by atoms with Crippen molar-refractivity contribution in [2.24, 2.45) is 0 Å². The first kappa shape index (κ1) is 12.4. The first-order valence-electron chi connectivity index (χ1n) is 6.71. The van der Waals surface area contributed by atoms with Crippen molar-refractivity contribution in [3.8, 4) is 6.07 Å². The van der Waals surface area contributed by atoms with Crippen LogP contribution in [0.15, 0.2) is 18.3 Å². The van der Waals surface area contributed by atoms with Crippen LogP contribution in [0.3, 0.4) is 0 Å². The highest BCUT2D eigenvalue weighted by atomic mass is 16.5. The van der Waals surface area contributed by atoms with Crippen LogP contribution < -0.4 is 4.90 Å². The van der Waals surface area contributed by atoms with Crippen molar-refractivity contribution in [1.29, 1.82) is 5.26 Å². The number of hydrogen-bond donors (Lipinski definition) is 0. The lowest BCUT2D eigenvalue weighted by atomic mass is 9.98. The Bertz CT molecular complexity index is 498. The van der Waals surface area contributed by atoms with Crippen molar-refractivity contribution in [3.63, 3.8) is 0 Å². The molecule has 0 saturated carbocycles. The van der Waals surface area contributed by atoms with Crippen LogP contribution in [-0.2, 0) is 4.74 Å². The SMILES string of the molecule is CN1CCC2OCCN(c3ncccc3C#N)C2C1. The predicted octanol–water partition coefficient (Wildman–Crippen LogP) is 0.863. The van der Waals surface area contributed by atoms with E-state index in [-0.39, 0.29) is 6.10 Å². The van der Waals surface area contributed by atoms with Gasteiger partial charge in [-0.2, -0.15) is 5.26 Å². The van der Waals surface area contributed by atoms with E-state index < -0.39 is 0 Å². The van der Waals surface area contributed by atoms with E-state index in [1.54, 1.807) is 6.20 Å². The second-order valence-corrected chi connectivity index (χ2v) is 5.21. The van der Waals surface area contributed by atoms with Gasteiger partial charge in [-0.05, 0) is 25.6 Å². The number of morpholine rings is 1. The van der Waals surface area contributed by atoms with Crippen molar-refractivity contribution in [2.75, 3.05) is 38.2 Å². The summed E-state index contributed by atoms with van der Waals surface area (Å²) in [5.41, 5.74) is 0.649. The second kappa shape index (κ2) is 5.16. The lowest BCUT2D eigenvalue weighted by Gasteiger charge is -2.46. The normalized spacial score (nSPS) is 27.7. The molecule has 0 N–H and O–H groups in total. The molecule has 0 amide bonds. The van der Waals surface area contributed by atoms with Crippen LogP contribution in [0.5, 0.6) is 0 Å². The number of likely N-dealkylation sites (N-methyl/N-ethyl adjacent to an activating group) is 1. The molecule has 1 aromatic rings. The maximum atomic E-state index is 9.24. The van der Waals surface area contributed by atoms with Gasteiger partial charge in [0.15, 0.2) is 0 Å². The lowest BCUT2D eigenvalue weighted by Crippen LogP contribution is -2.59. The Hall–Kier alpha value is -1.64. The fourth-order valence-corrected chi connectivity index (χ4v) is 3.01. The summed E-state index contributed by atoms with van der Waals surface area (Å²) in [4.78, 5) is 8.99. The molecule has 0 bridgehead atoms. The molecule has 3 heterocycles. The van der Waals surface area contributed by atoms with Crippen molar-refractivity contribution in [1.82, 2.24) is 9.88 Å². The maximum Gasteiger partial charge on any atom is 0.146 e. The Morgan fingerprint density at radius 3 is 3.21 bits per heavy atom. The molecule has 1 aromatic heterocycles. The van der Waals surface area contributed by atoms with Gasteiger partial charge in [-0.3, -0.25) is 0 Å². The molecule has 19 heavy (non-hydrogen) atoms. The Labute approximate surface area is 113 Å². The van der Waals surface area contributed by atoms with Gasteiger partial charge in [-0.1, -0.05) is 0 Å². The Balaban J connectivity index is 1.92. The van der Waals surface area contributed by atoms with E-state index in [4.69, 9.17) is 4.74 Å². The molecule has 2 aliphatic heterocycles. The van der Waals surface area contributed by atoms with Crippen molar-refractivity contribution in [3.05, 3.63) is 23.9 Å². The van der Waals surface area contributed by atoms with Crippen LogP contribution in [0.4, 0.5) is 5.82 Å². The zero-order chi connectivity index (χ0) is 13.2. The van der Waals surface area contributed by atoms with E-state index in [2.05, 4.69) is 27.9 Å². The second-order valence-electron chi connectivity index (χ2n) is 5.21. The number of likely N-dealkylation sites (tertiary alicyclic amines) is 1. The number of piperidine rings is 1. The number of rotatable bonds is 1. The molecule has 2 saturated heterocycles. The molecular formula is C14H18N4O. The lowest BCUT2D eigenvalue weighted by molar-refractivity contribution is -0.0246. The molecule has 2 aliphatic rings. The predicted molar refractivity (Wildman–Crippen MR) is 71.9 cm³/mol. The summed E-state index contributed by atoms with van der Waals surface area (Å²) < 4.78 is 5.88. The van der Waals surface area contributed by atoms with E-state index in [1.807, 2.05) is 12.1 Å². The van der Waals surface area contributed by atoms with Crippen molar-refractivity contribution in [2.45, 2.75) is 18.6 Å². The van der Waals surface area contributed by atoms with Gasteiger partial charge in [0, 0.05) is 25.8 Å². The molecule has 5 nitrogen and oxygen atoms in total. The largest absolute Gasteiger partial charge is 0.374 e. The first-order valence-corrected chi connectivity index (χ1v) is 6.71. The van der Waals surface area contributed by atoms with Gasteiger partial charge in [0.25, 0.3) is 0 Å². The molecule has 5 heteroatoms. The van der Waals surface area contributed by atoms with E-state index in [9.17, 15) is 5.26 Å². The van der Waals surface area contributed by atoms with Gasteiger partial charge in [-0.25, -0.2) is 4.98 Å². The van der Waals surface area contributed by atoms with Gasteiger partial charge in [0.05, 0.1) is 24.3 Å². The third-order valence-electron chi connectivity index (χ3n) is 3.97. The summed E-state index contributed by atoms with van der Waals surface area (Å²) in [6.07, 6.45) is 3.07. The number of nitrogens with zero attached hydrogens (tertiary/aromatic N) is 4. The molecule has 2 fully saturated rings. The van der Waals surface area contributed by atoms with Gasteiger partial charge in [0.2, 0.25) is 0 Å². The van der Waals surface area contributed by atoms with Gasteiger partial charge < -0.3 is 14.5 Å². The molecule has 2 unspecified atom stereocenters. The molecule has 0 aliphatic carbocycles. The Morgan fingerprint density at radius 2 is 2.37 bits per heavy atom. The topological polar surface area (TPSA) is 52.4 Å². The molecule has 100 valence electrons. The Kier molecular flexibility index (Phi) is 3.36.